The van der Waals surface area contributed by atoms with Crippen LogP contribution in [-0.2, 0) is 20.9 Å². The van der Waals surface area contributed by atoms with E-state index in [0.29, 0.717) is 32.7 Å². The van der Waals surface area contributed by atoms with E-state index < -0.39 is 5.97 Å². The van der Waals surface area contributed by atoms with E-state index in [1.54, 1.807) is 17.2 Å². The third-order valence-electron chi connectivity index (χ3n) is 6.22. The molecule has 1 amide bonds. The number of esters is 1. The topological polar surface area (TPSA) is 80.6 Å². The summed E-state index contributed by atoms with van der Waals surface area (Å²) in [6.45, 7) is 8.88. The molecule has 8 heteroatoms. The first-order valence-electron chi connectivity index (χ1n) is 11.8. The van der Waals surface area contributed by atoms with Gasteiger partial charge in [-0.25, -0.2) is 9.78 Å². The normalized spacial score (nSPS) is 13.9. The number of amides is 1. The van der Waals surface area contributed by atoms with Crippen molar-refractivity contribution in [2.24, 2.45) is 0 Å². The van der Waals surface area contributed by atoms with Crippen LogP contribution >= 0.6 is 0 Å². The number of pyridine rings is 1. The van der Waals surface area contributed by atoms with Crippen molar-refractivity contribution >= 4 is 23.8 Å². The highest BCUT2D eigenvalue weighted by molar-refractivity contribution is 5.89. The Morgan fingerprint density at radius 2 is 1.74 bits per heavy atom. The lowest BCUT2D eigenvalue weighted by molar-refractivity contribution is -0.148. The number of hydrogen-bond acceptors (Lipinski definition) is 6. The van der Waals surface area contributed by atoms with Gasteiger partial charge in [0, 0.05) is 49.7 Å². The van der Waals surface area contributed by atoms with Crippen molar-refractivity contribution in [1.82, 2.24) is 19.7 Å². The fourth-order valence-corrected chi connectivity index (χ4v) is 4.12. The van der Waals surface area contributed by atoms with Gasteiger partial charge in [-0.15, -0.1) is 0 Å². The average Bonchev–Trinajstić information content (AvgIpc) is 3.15. The van der Waals surface area contributed by atoms with Crippen LogP contribution in [0.2, 0.25) is 0 Å². The monoisotopic (exact) mass is 473 g/mol. The summed E-state index contributed by atoms with van der Waals surface area (Å²) in [5.41, 5.74) is 5.06. The zero-order chi connectivity index (χ0) is 24.8. The summed E-state index contributed by atoms with van der Waals surface area (Å²) in [5, 5.41) is 4.61. The van der Waals surface area contributed by atoms with Crippen LogP contribution in [0.25, 0.3) is 6.08 Å². The molecule has 0 radical (unpaired) electrons. The van der Waals surface area contributed by atoms with Crippen LogP contribution < -0.4 is 4.90 Å². The number of anilines is 1. The van der Waals surface area contributed by atoms with Crippen LogP contribution in [0.4, 0.5) is 5.82 Å². The summed E-state index contributed by atoms with van der Waals surface area (Å²) >= 11 is 0. The van der Waals surface area contributed by atoms with Gasteiger partial charge in [-0.05, 0) is 44.5 Å². The number of hydrogen-bond donors (Lipinski definition) is 0. The molecule has 35 heavy (non-hydrogen) atoms. The molecule has 1 saturated heterocycles. The van der Waals surface area contributed by atoms with E-state index in [0.717, 1.165) is 28.3 Å². The third kappa shape index (κ3) is 6.15. The molecule has 0 saturated carbocycles. The van der Waals surface area contributed by atoms with E-state index in [2.05, 4.69) is 46.2 Å². The lowest BCUT2D eigenvalue weighted by Gasteiger charge is -2.35. The van der Waals surface area contributed by atoms with Gasteiger partial charge in [0.15, 0.2) is 6.61 Å². The number of carbonyl (C=O) groups excluding carboxylic acids is 2. The molecule has 0 atom stereocenters. The molecular formula is C27H31N5O3. The highest BCUT2D eigenvalue weighted by atomic mass is 16.5. The Labute approximate surface area is 205 Å². The summed E-state index contributed by atoms with van der Waals surface area (Å²) in [4.78, 5) is 33.0. The number of aryl methyl sites for hydroxylation is 2. The summed E-state index contributed by atoms with van der Waals surface area (Å²) in [7, 11) is 0. The molecule has 182 valence electrons. The molecule has 0 N–H and O–H groups in total. The predicted molar refractivity (Wildman–Crippen MR) is 135 cm³/mol. The van der Waals surface area contributed by atoms with E-state index in [-0.39, 0.29) is 12.5 Å². The van der Waals surface area contributed by atoms with Gasteiger partial charge >= 0.3 is 5.97 Å². The largest absolute Gasteiger partial charge is 0.452 e. The molecule has 1 aromatic carbocycles. The lowest BCUT2D eigenvalue weighted by atomic mass is 10.1. The van der Waals surface area contributed by atoms with Gasteiger partial charge in [0.2, 0.25) is 0 Å². The number of carbonyl (C=O) groups is 2. The number of piperazine rings is 1. The molecule has 1 aliphatic heterocycles. The first-order valence-corrected chi connectivity index (χ1v) is 11.8. The van der Waals surface area contributed by atoms with Gasteiger partial charge in [0.05, 0.1) is 12.2 Å². The third-order valence-corrected chi connectivity index (χ3v) is 6.22. The SMILES string of the molecule is Cc1ccc(Cn2nc(C)c(/C=C/C(=O)OCC(=O)N3CCN(c4ccccn4)CC3)c2C)cc1. The fraction of sp³-hybridized carbons (Fsp3) is 0.333. The van der Waals surface area contributed by atoms with Gasteiger partial charge in [0.1, 0.15) is 5.82 Å². The predicted octanol–water partition coefficient (Wildman–Crippen LogP) is 3.16. The quantitative estimate of drug-likeness (QED) is 0.387. The van der Waals surface area contributed by atoms with Crippen LogP contribution in [0.5, 0.6) is 0 Å². The van der Waals surface area contributed by atoms with Crippen LogP contribution in [0.15, 0.2) is 54.7 Å². The van der Waals surface area contributed by atoms with Gasteiger partial charge in [-0.2, -0.15) is 5.10 Å². The maximum atomic E-state index is 12.5. The average molecular weight is 474 g/mol. The summed E-state index contributed by atoms with van der Waals surface area (Å²) < 4.78 is 7.14. The number of ether oxygens (including phenoxy) is 1. The molecule has 0 spiro atoms. The van der Waals surface area contributed by atoms with Crippen molar-refractivity contribution in [3.8, 4) is 0 Å². The Hall–Kier alpha value is -3.94. The minimum Gasteiger partial charge on any atom is -0.452 e. The van der Waals surface area contributed by atoms with Crippen molar-refractivity contribution in [2.45, 2.75) is 27.3 Å². The maximum absolute atomic E-state index is 12.5. The summed E-state index contributed by atoms with van der Waals surface area (Å²) in [6, 6.07) is 14.1. The minimum absolute atomic E-state index is 0.189. The molecule has 3 heterocycles. The standard InChI is InChI=1S/C27H31N5O3/c1-20-7-9-23(10-8-20)18-32-22(3)24(21(2)29-32)11-12-27(34)35-19-26(33)31-16-14-30(15-17-31)25-6-4-5-13-28-25/h4-13H,14-19H2,1-3H3/b12-11+. The molecule has 1 aliphatic rings. The summed E-state index contributed by atoms with van der Waals surface area (Å²) in [6.07, 6.45) is 4.83. The number of nitrogens with zero attached hydrogens (tertiary/aromatic N) is 5. The highest BCUT2D eigenvalue weighted by Gasteiger charge is 2.22. The number of benzene rings is 1. The zero-order valence-corrected chi connectivity index (χ0v) is 20.5. The van der Waals surface area contributed by atoms with E-state index in [4.69, 9.17) is 4.74 Å². The van der Waals surface area contributed by atoms with Crippen molar-refractivity contribution < 1.29 is 14.3 Å². The van der Waals surface area contributed by atoms with Crippen LogP contribution in [0.3, 0.4) is 0 Å². The Bertz CT molecular complexity index is 1190. The van der Waals surface area contributed by atoms with Crippen molar-refractivity contribution in [3.63, 3.8) is 0 Å². The smallest absolute Gasteiger partial charge is 0.331 e. The second-order valence-electron chi connectivity index (χ2n) is 8.72. The molecule has 0 bridgehead atoms. The number of aromatic nitrogens is 3. The number of rotatable bonds is 7. The molecule has 4 rings (SSSR count). The Balaban J connectivity index is 1.27. The molecule has 0 unspecified atom stereocenters. The molecule has 3 aromatic rings. The van der Waals surface area contributed by atoms with E-state index in [1.165, 1.54) is 11.6 Å². The Morgan fingerprint density at radius 1 is 1.00 bits per heavy atom. The van der Waals surface area contributed by atoms with Gasteiger partial charge in [0.25, 0.3) is 5.91 Å². The fourth-order valence-electron chi connectivity index (χ4n) is 4.12. The Kier molecular flexibility index (Phi) is 7.60. The molecule has 1 fully saturated rings. The van der Waals surface area contributed by atoms with Gasteiger partial charge in [-0.1, -0.05) is 35.9 Å². The van der Waals surface area contributed by atoms with Crippen LogP contribution in [0, 0.1) is 20.8 Å². The maximum Gasteiger partial charge on any atom is 0.331 e. The van der Waals surface area contributed by atoms with Crippen LogP contribution in [0.1, 0.15) is 28.1 Å². The molecule has 2 aromatic heterocycles. The van der Waals surface area contributed by atoms with E-state index >= 15 is 0 Å². The minimum atomic E-state index is -0.546. The molecule has 0 aliphatic carbocycles. The first kappa shape index (κ1) is 24.2. The zero-order valence-electron chi connectivity index (χ0n) is 20.5. The molecular weight excluding hydrogens is 442 g/mol. The van der Waals surface area contributed by atoms with Crippen molar-refractivity contribution in [3.05, 3.63) is 82.8 Å². The molecule has 8 nitrogen and oxygen atoms in total. The van der Waals surface area contributed by atoms with Crippen molar-refractivity contribution in [2.75, 3.05) is 37.7 Å². The van der Waals surface area contributed by atoms with Gasteiger partial charge in [-0.3, -0.25) is 9.48 Å². The second-order valence-corrected chi connectivity index (χ2v) is 8.72. The Morgan fingerprint density at radius 3 is 2.43 bits per heavy atom. The lowest BCUT2D eigenvalue weighted by Crippen LogP contribution is -2.50. The van der Waals surface area contributed by atoms with Crippen molar-refractivity contribution in [1.29, 1.82) is 0 Å². The van der Waals surface area contributed by atoms with E-state index in [9.17, 15) is 9.59 Å². The summed E-state index contributed by atoms with van der Waals surface area (Å²) in [5.74, 6) is 0.171. The van der Waals surface area contributed by atoms with Gasteiger partial charge < -0.3 is 14.5 Å². The van der Waals surface area contributed by atoms with Crippen LogP contribution in [-0.4, -0.2) is 64.3 Å². The second kappa shape index (κ2) is 11.0. The van der Waals surface area contributed by atoms with E-state index in [1.807, 2.05) is 36.7 Å². The highest BCUT2D eigenvalue weighted by Crippen LogP contribution is 2.17. The first-order chi connectivity index (χ1) is 16.9.